The van der Waals surface area contributed by atoms with Gasteiger partial charge in [0.25, 0.3) is 5.69 Å². The molecule has 0 fully saturated rings. The maximum absolute atomic E-state index is 11.2. The third-order valence-corrected chi connectivity index (χ3v) is 3.75. The highest BCUT2D eigenvalue weighted by molar-refractivity contribution is 7.89. The summed E-state index contributed by atoms with van der Waals surface area (Å²) in [6.45, 7) is 4.02. The van der Waals surface area contributed by atoms with Crippen molar-refractivity contribution >= 4 is 15.7 Å². The smallest absolute Gasteiger partial charge is 0.273 e. The van der Waals surface area contributed by atoms with Crippen molar-refractivity contribution in [2.45, 2.75) is 37.6 Å². The molecule has 0 saturated carbocycles. The molecule has 0 radical (unpaired) electrons. The molecule has 0 aromatic heterocycles. The minimum absolute atomic E-state index is 0.214. The van der Waals surface area contributed by atoms with Crippen molar-refractivity contribution in [3.05, 3.63) is 33.9 Å². The SMILES string of the molecule is CC(C)CC(N)Cc1ccc(S(N)(=O)=O)cc1[N+](=O)[O-]. The molecule has 1 aromatic carbocycles. The Kier molecular flexibility index (Phi) is 5.21. The van der Waals surface area contributed by atoms with Gasteiger partial charge >= 0.3 is 0 Å². The Labute approximate surface area is 118 Å². The molecule has 0 aliphatic carbocycles. The molecule has 0 bridgehead atoms. The van der Waals surface area contributed by atoms with Gasteiger partial charge in [-0.2, -0.15) is 0 Å². The summed E-state index contributed by atoms with van der Waals surface area (Å²) in [6.07, 6.45) is 1.05. The lowest BCUT2D eigenvalue weighted by Gasteiger charge is -2.14. The highest BCUT2D eigenvalue weighted by Gasteiger charge is 2.20. The number of nitro groups is 1. The van der Waals surface area contributed by atoms with Gasteiger partial charge in [-0.05, 0) is 24.8 Å². The van der Waals surface area contributed by atoms with Gasteiger partial charge in [-0.15, -0.1) is 0 Å². The van der Waals surface area contributed by atoms with Gasteiger partial charge in [0.1, 0.15) is 0 Å². The van der Waals surface area contributed by atoms with Crippen LogP contribution in [0.15, 0.2) is 23.1 Å². The number of sulfonamides is 1. The van der Waals surface area contributed by atoms with Crippen LogP contribution in [0.2, 0.25) is 0 Å². The predicted molar refractivity (Wildman–Crippen MR) is 75.6 cm³/mol. The van der Waals surface area contributed by atoms with Gasteiger partial charge in [-0.1, -0.05) is 19.9 Å². The van der Waals surface area contributed by atoms with E-state index in [-0.39, 0.29) is 16.6 Å². The fourth-order valence-electron chi connectivity index (χ4n) is 2.03. The second-order valence-corrected chi connectivity index (χ2v) is 6.75. The van der Waals surface area contributed by atoms with E-state index in [4.69, 9.17) is 10.9 Å². The predicted octanol–water partition coefficient (Wildman–Crippen LogP) is 1.16. The van der Waals surface area contributed by atoms with E-state index in [1.54, 1.807) is 0 Å². The van der Waals surface area contributed by atoms with Crippen molar-refractivity contribution < 1.29 is 13.3 Å². The van der Waals surface area contributed by atoms with Gasteiger partial charge in [0.2, 0.25) is 10.0 Å². The number of nitrogens with zero attached hydrogens (tertiary/aromatic N) is 1. The number of benzene rings is 1. The fraction of sp³-hybridized carbons (Fsp3) is 0.500. The maximum Gasteiger partial charge on any atom is 0.273 e. The lowest BCUT2D eigenvalue weighted by atomic mass is 9.97. The minimum atomic E-state index is -3.96. The second kappa shape index (κ2) is 6.29. The lowest BCUT2D eigenvalue weighted by molar-refractivity contribution is -0.385. The third kappa shape index (κ3) is 4.55. The first-order chi connectivity index (χ1) is 9.11. The first-order valence-electron chi connectivity index (χ1n) is 6.17. The van der Waals surface area contributed by atoms with Crippen molar-refractivity contribution in [3.8, 4) is 0 Å². The lowest BCUT2D eigenvalue weighted by Crippen LogP contribution is -2.25. The molecular formula is C12H19N3O4S. The molecule has 0 spiro atoms. The molecular weight excluding hydrogens is 282 g/mol. The average molecular weight is 301 g/mol. The summed E-state index contributed by atoms with van der Waals surface area (Å²) in [5.74, 6) is 0.382. The van der Waals surface area contributed by atoms with E-state index in [2.05, 4.69) is 0 Å². The van der Waals surface area contributed by atoms with Crippen molar-refractivity contribution in [2.75, 3.05) is 0 Å². The highest BCUT2D eigenvalue weighted by atomic mass is 32.2. The summed E-state index contributed by atoms with van der Waals surface area (Å²) >= 11 is 0. The van der Waals surface area contributed by atoms with Crippen LogP contribution in [0.1, 0.15) is 25.8 Å². The summed E-state index contributed by atoms with van der Waals surface area (Å²) in [5.41, 5.74) is 6.08. The van der Waals surface area contributed by atoms with E-state index in [1.807, 2.05) is 13.8 Å². The number of hydrogen-bond acceptors (Lipinski definition) is 5. The maximum atomic E-state index is 11.2. The van der Waals surface area contributed by atoms with Crippen LogP contribution >= 0.6 is 0 Å². The largest absolute Gasteiger partial charge is 0.327 e. The highest BCUT2D eigenvalue weighted by Crippen LogP contribution is 2.24. The van der Waals surface area contributed by atoms with Crippen LogP contribution in [-0.4, -0.2) is 19.4 Å². The van der Waals surface area contributed by atoms with E-state index in [9.17, 15) is 18.5 Å². The summed E-state index contributed by atoms with van der Waals surface area (Å²) in [5, 5.41) is 16.0. The molecule has 1 unspecified atom stereocenters. The number of primary sulfonamides is 1. The van der Waals surface area contributed by atoms with Crippen molar-refractivity contribution in [3.63, 3.8) is 0 Å². The molecule has 0 aliphatic rings. The van der Waals surface area contributed by atoms with Gasteiger partial charge in [0, 0.05) is 17.7 Å². The molecule has 1 aromatic rings. The van der Waals surface area contributed by atoms with E-state index in [1.165, 1.54) is 12.1 Å². The molecule has 4 N–H and O–H groups in total. The van der Waals surface area contributed by atoms with Crippen molar-refractivity contribution in [2.24, 2.45) is 16.8 Å². The normalized spacial score (nSPS) is 13.4. The summed E-state index contributed by atoms with van der Waals surface area (Å²) < 4.78 is 22.4. The van der Waals surface area contributed by atoms with Gasteiger partial charge in [-0.3, -0.25) is 10.1 Å². The molecule has 8 heteroatoms. The number of rotatable bonds is 6. The van der Waals surface area contributed by atoms with Crippen LogP contribution in [0.3, 0.4) is 0 Å². The molecule has 0 heterocycles. The van der Waals surface area contributed by atoms with E-state index >= 15 is 0 Å². The zero-order valence-corrected chi connectivity index (χ0v) is 12.3. The average Bonchev–Trinajstić information content (AvgIpc) is 2.26. The van der Waals surface area contributed by atoms with E-state index in [0.29, 0.717) is 17.9 Å². The van der Waals surface area contributed by atoms with Crippen molar-refractivity contribution in [1.29, 1.82) is 0 Å². The Morgan fingerprint density at radius 1 is 1.35 bits per heavy atom. The number of nitrogens with two attached hydrogens (primary N) is 2. The molecule has 112 valence electrons. The van der Waals surface area contributed by atoms with Crippen LogP contribution in [-0.2, 0) is 16.4 Å². The Balaban J connectivity index is 3.12. The van der Waals surface area contributed by atoms with Crippen LogP contribution in [0, 0.1) is 16.0 Å². The Morgan fingerprint density at radius 3 is 2.40 bits per heavy atom. The van der Waals surface area contributed by atoms with Gasteiger partial charge in [0.15, 0.2) is 0 Å². The zero-order chi connectivity index (χ0) is 15.5. The van der Waals surface area contributed by atoms with Crippen LogP contribution in [0.4, 0.5) is 5.69 Å². The number of nitro benzene ring substituents is 1. The first kappa shape index (κ1) is 16.5. The van der Waals surface area contributed by atoms with Gasteiger partial charge in [-0.25, -0.2) is 13.6 Å². The second-order valence-electron chi connectivity index (χ2n) is 5.19. The molecule has 7 nitrogen and oxygen atoms in total. The summed E-state index contributed by atoms with van der Waals surface area (Å²) in [4.78, 5) is 10.1. The zero-order valence-electron chi connectivity index (χ0n) is 11.4. The topological polar surface area (TPSA) is 129 Å². The Hall–Kier alpha value is -1.51. The van der Waals surface area contributed by atoms with E-state index in [0.717, 1.165) is 12.5 Å². The number of hydrogen-bond donors (Lipinski definition) is 2. The Morgan fingerprint density at radius 2 is 1.95 bits per heavy atom. The monoisotopic (exact) mass is 301 g/mol. The van der Waals surface area contributed by atoms with Crippen LogP contribution in [0.25, 0.3) is 0 Å². The van der Waals surface area contributed by atoms with Gasteiger partial charge in [0.05, 0.1) is 9.82 Å². The standard InChI is InChI=1S/C12H19N3O4S/c1-8(2)5-10(13)6-9-3-4-11(20(14,18)19)7-12(9)15(16)17/h3-4,7-8,10H,5-6,13H2,1-2H3,(H2,14,18,19). The quantitative estimate of drug-likeness (QED) is 0.601. The summed E-state index contributed by atoms with van der Waals surface area (Å²) in [6, 6.07) is 3.43. The molecule has 0 amide bonds. The van der Waals surface area contributed by atoms with Crippen LogP contribution < -0.4 is 10.9 Å². The minimum Gasteiger partial charge on any atom is -0.327 e. The Bertz CT molecular complexity index is 599. The van der Waals surface area contributed by atoms with Crippen LogP contribution in [0.5, 0.6) is 0 Å². The molecule has 20 heavy (non-hydrogen) atoms. The van der Waals surface area contributed by atoms with Gasteiger partial charge < -0.3 is 5.73 Å². The van der Waals surface area contributed by atoms with Crippen molar-refractivity contribution in [1.82, 2.24) is 0 Å². The van der Waals surface area contributed by atoms with E-state index < -0.39 is 14.9 Å². The third-order valence-electron chi connectivity index (χ3n) is 2.84. The molecule has 0 saturated heterocycles. The molecule has 0 aliphatic heterocycles. The fourth-order valence-corrected chi connectivity index (χ4v) is 2.57. The summed E-state index contributed by atoms with van der Waals surface area (Å²) in [7, 11) is -3.96. The molecule has 1 rings (SSSR count). The first-order valence-corrected chi connectivity index (χ1v) is 7.71. The molecule has 1 atom stereocenters.